The van der Waals surface area contributed by atoms with Crippen LogP contribution >= 0.6 is 0 Å². The number of aliphatic hydroxyl groups is 1. The number of hydrogen-bond acceptors (Lipinski definition) is 5. The molecule has 0 spiro atoms. The normalized spacial score (nSPS) is 44.8. The second-order valence-electron chi connectivity index (χ2n) is 9.75. The third-order valence-corrected chi connectivity index (χ3v) is 8.06. The van der Waals surface area contributed by atoms with Crippen molar-refractivity contribution in [2.75, 3.05) is 13.2 Å². The van der Waals surface area contributed by atoms with Gasteiger partial charge in [-0.2, -0.15) is 0 Å². The maximum absolute atomic E-state index is 13.4. The zero-order valence-electron chi connectivity index (χ0n) is 17.3. The van der Waals surface area contributed by atoms with Gasteiger partial charge in [-0.1, -0.05) is 32.3 Å². The van der Waals surface area contributed by atoms with Crippen LogP contribution in [-0.4, -0.2) is 36.4 Å². The van der Waals surface area contributed by atoms with E-state index in [4.69, 9.17) is 10.6 Å². The Morgan fingerprint density at radius 1 is 1.33 bits per heavy atom. The molecule has 7 atom stereocenters. The fourth-order valence-corrected chi connectivity index (χ4v) is 6.56. The zero-order chi connectivity index (χ0) is 19.7. The van der Waals surface area contributed by atoms with Crippen molar-refractivity contribution in [2.45, 2.75) is 78.2 Å². The minimum Gasteiger partial charge on any atom is -0.395 e. The van der Waals surface area contributed by atoms with Crippen LogP contribution in [0, 0.1) is 34.5 Å². The molecule has 3 N–H and O–H groups in total. The molecule has 3 rings (SSSR count). The van der Waals surface area contributed by atoms with Crippen LogP contribution in [0.25, 0.3) is 0 Å². The number of nitrogens with two attached hydrogens (primary N) is 1. The van der Waals surface area contributed by atoms with Crippen LogP contribution in [-0.2, 0) is 9.63 Å². The summed E-state index contributed by atoms with van der Waals surface area (Å²) in [5.41, 5.74) is 5.42. The Bertz CT molecular complexity index is 566. The molecular weight excluding hydrogens is 340 g/mol. The quantitative estimate of drug-likeness (QED) is 0.421. The first-order chi connectivity index (χ1) is 12.9. The molecule has 0 bridgehead atoms. The number of nitrogens with zero attached hydrogens (tertiary/aromatic N) is 1. The molecule has 3 aliphatic rings. The minimum absolute atomic E-state index is 0.00169. The lowest BCUT2D eigenvalue weighted by Crippen LogP contribution is -2.56. The highest BCUT2D eigenvalue weighted by Gasteiger charge is 2.57. The van der Waals surface area contributed by atoms with E-state index >= 15 is 0 Å². The largest absolute Gasteiger partial charge is 0.395 e. The summed E-state index contributed by atoms with van der Waals surface area (Å²) in [5.74, 6) is 1.68. The molecular formula is C22H38N2O3. The highest BCUT2D eigenvalue weighted by atomic mass is 16.6. The van der Waals surface area contributed by atoms with Crippen LogP contribution < -0.4 is 5.73 Å². The lowest BCUT2D eigenvalue weighted by molar-refractivity contribution is -0.155. The molecule has 0 saturated heterocycles. The molecule has 3 aliphatic carbocycles. The standard InChI is InChI=1S/C22H38N2O3/c1-4-8-21(2)9-7-18-17(20(21)26)6-5-16-12-19(25)15(13-22(16,18)3)14-24-27-11-10-23/h14-19,25H,4-13,23H2,1-3H3/b24-14+/t15?,16-,17-,18+,19-,21+,22+/m1/s1. The van der Waals surface area contributed by atoms with E-state index in [-0.39, 0.29) is 28.8 Å². The molecule has 0 radical (unpaired) electrons. The Labute approximate surface area is 164 Å². The number of carbonyl (C=O) groups excluding carboxylic acids is 1. The van der Waals surface area contributed by atoms with Gasteiger partial charge < -0.3 is 15.7 Å². The van der Waals surface area contributed by atoms with Crippen molar-refractivity contribution in [1.29, 1.82) is 0 Å². The zero-order valence-corrected chi connectivity index (χ0v) is 17.3. The van der Waals surface area contributed by atoms with Crippen LogP contribution in [0.1, 0.15) is 72.1 Å². The Hall–Kier alpha value is -0.940. The van der Waals surface area contributed by atoms with Gasteiger partial charge in [0.15, 0.2) is 0 Å². The van der Waals surface area contributed by atoms with Gasteiger partial charge in [-0.15, -0.1) is 0 Å². The Balaban J connectivity index is 1.77. The van der Waals surface area contributed by atoms with Gasteiger partial charge in [0.05, 0.1) is 6.10 Å². The van der Waals surface area contributed by atoms with E-state index in [1.165, 1.54) is 0 Å². The Kier molecular flexibility index (Phi) is 6.31. The Morgan fingerprint density at radius 2 is 2.11 bits per heavy atom. The van der Waals surface area contributed by atoms with Gasteiger partial charge in [0.1, 0.15) is 12.4 Å². The van der Waals surface area contributed by atoms with Gasteiger partial charge in [0.25, 0.3) is 0 Å². The van der Waals surface area contributed by atoms with Crippen molar-refractivity contribution in [1.82, 2.24) is 0 Å². The molecule has 5 nitrogen and oxygen atoms in total. The van der Waals surface area contributed by atoms with Crippen LogP contribution in [0.2, 0.25) is 0 Å². The maximum Gasteiger partial charge on any atom is 0.142 e. The summed E-state index contributed by atoms with van der Waals surface area (Å²) < 4.78 is 0. The summed E-state index contributed by atoms with van der Waals surface area (Å²) in [5, 5.41) is 14.7. The van der Waals surface area contributed by atoms with E-state index in [1.807, 2.05) is 0 Å². The predicted octanol–water partition coefficient (Wildman–Crippen LogP) is 3.54. The number of ketones is 1. The van der Waals surface area contributed by atoms with Crippen LogP contribution in [0.4, 0.5) is 0 Å². The third kappa shape index (κ3) is 3.82. The topological polar surface area (TPSA) is 84.9 Å². The number of carbonyl (C=O) groups is 1. The lowest BCUT2D eigenvalue weighted by atomic mass is 9.45. The van der Waals surface area contributed by atoms with E-state index in [0.29, 0.717) is 30.8 Å². The van der Waals surface area contributed by atoms with Gasteiger partial charge in [0, 0.05) is 30.0 Å². The fourth-order valence-electron chi connectivity index (χ4n) is 6.56. The number of aliphatic hydroxyl groups excluding tert-OH is 1. The van der Waals surface area contributed by atoms with Crippen LogP contribution in [0.3, 0.4) is 0 Å². The predicted molar refractivity (Wildman–Crippen MR) is 107 cm³/mol. The highest BCUT2D eigenvalue weighted by Crippen LogP contribution is 2.61. The van der Waals surface area contributed by atoms with E-state index in [9.17, 15) is 9.90 Å². The highest BCUT2D eigenvalue weighted by molar-refractivity contribution is 5.88. The van der Waals surface area contributed by atoms with Gasteiger partial charge >= 0.3 is 0 Å². The lowest BCUT2D eigenvalue weighted by Gasteiger charge is -2.58. The number of fused-ring (bicyclic) bond motifs is 3. The number of oxime groups is 1. The molecule has 5 heteroatoms. The van der Waals surface area contributed by atoms with Crippen molar-refractivity contribution < 1.29 is 14.7 Å². The molecule has 0 heterocycles. The molecule has 0 aliphatic heterocycles. The Morgan fingerprint density at radius 3 is 2.81 bits per heavy atom. The first-order valence-corrected chi connectivity index (χ1v) is 10.9. The number of Topliss-reactive ketones (excluding diaryl/α,β-unsaturated/α-hetero) is 1. The van der Waals surface area contributed by atoms with Crippen molar-refractivity contribution in [2.24, 2.45) is 45.4 Å². The summed E-state index contributed by atoms with van der Waals surface area (Å²) >= 11 is 0. The molecule has 0 aromatic rings. The van der Waals surface area contributed by atoms with Crippen molar-refractivity contribution in [3.8, 4) is 0 Å². The summed E-state index contributed by atoms with van der Waals surface area (Å²) in [6.45, 7) is 7.58. The fraction of sp³-hybridized carbons (Fsp3) is 0.909. The smallest absolute Gasteiger partial charge is 0.142 e. The van der Waals surface area contributed by atoms with E-state index in [0.717, 1.165) is 51.4 Å². The molecule has 3 saturated carbocycles. The molecule has 27 heavy (non-hydrogen) atoms. The number of hydrogen-bond donors (Lipinski definition) is 2. The number of rotatable bonds is 6. The summed E-state index contributed by atoms with van der Waals surface area (Å²) in [7, 11) is 0. The van der Waals surface area contributed by atoms with Gasteiger partial charge in [-0.3, -0.25) is 4.79 Å². The summed E-state index contributed by atoms with van der Waals surface area (Å²) in [6.07, 6.45) is 9.44. The first-order valence-electron chi connectivity index (χ1n) is 10.9. The average molecular weight is 379 g/mol. The third-order valence-electron chi connectivity index (χ3n) is 8.06. The molecule has 154 valence electrons. The molecule has 0 aromatic carbocycles. The molecule has 1 unspecified atom stereocenters. The molecule has 0 aromatic heterocycles. The van der Waals surface area contributed by atoms with Gasteiger partial charge in [-0.05, 0) is 62.2 Å². The SMILES string of the molecule is CCC[C@@]1(C)CC[C@H]2[C@@H](CC[C@@H]3C[C@@H](O)C(/C=N/OCCN)C[C@@]32C)C1=O. The molecule has 0 amide bonds. The second-order valence-corrected chi connectivity index (χ2v) is 9.75. The first kappa shape index (κ1) is 20.8. The second kappa shape index (κ2) is 8.20. The summed E-state index contributed by atoms with van der Waals surface area (Å²) in [6, 6.07) is 0. The van der Waals surface area contributed by atoms with Crippen molar-refractivity contribution >= 4 is 12.0 Å². The van der Waals surface area contributed by atoms with Gasteiger partial charge in [0.2, 0.25) is 0 Å². The average Bonchev–Trinajstić information content (AvgIpc) is 2.63. The monoisotopic (exact) mass is 378 g/mol. The summed E-state index contributed by atoms with van der Waals surface area (Å²) in [4.78, 5) is 18.5. The molecule has 3 fully saturated rings. The minimum atomic E-state index is -0.366. The van der Waals surface area contributed by atoms with E-state index in [2.05, 4.69) is 25.9 Å². The van der Waals surface area contributed by atoms with Crippen molar-refractivity contribution in [3.63, 3.8) is 0 Å². The van der Waals surface area contributed by atoms with Crippen molar-refractivity contribution in [3.05, 3.63) is 0 Å². The van der Waals surface area contributed by atoms with Crippen LogP contribution in [0.5, 0.6) is 0 Å². The van der Waals surface area contributed by atoms with Gasteiger partial charge in [-0.25, -0.2) is 0 Å². The van der Waals surface area contributed by atoms with E-state index in [1.54, 1.807) is 6.21 Å². The van der Waals surface area contributed by atoms with E-state index < -0.39 is 0 Å². The maximum atomic E-state index is 13.4. The van der Waals surface area contributed by atoms with Crippen LogP contribution in [0.15, 0.2) is 5.16 Å².